The van der Waals surface area contributed by atoms with Crippen molar-refractivity contribution in [2.24, 2.45) is 5.92 Å². The fraction of sp³-hybridized carbons (Fsp3) is 0.385. The smallest absolute Gasteiger partial charge is 0.307 e. The lowest BCUT2D eigenvalue weighted by Crippen LogP contribution is -2.29. The van der Waals surface area contributed by atoms with Gasteiger partial charge in [0.05, 0.1) is 11.7 Å². The number of carbonyl (C=O) groups is 2. The zero-order chi connectivity index (χ0) is 15.3. The SMILES string of the molecule is Cc1cccc(NC(=O)CS(=O)(=O)CC(C)C(=O)O)c1. The number of anilines is 1. The van der Waals surface area contributed by atoms with Crippen molar-refractivity contribution in [3.63, 3.8) is 0 Å². The molecule has 0 fully saturated rings. The fourth-order valence-electron chi connectivity index (χ4n) is 1.63. The van der Waals surface area contributed by atoms with Crippen LogP contribution in [0.25, 0.3) is 0 Å². The van der Waals surface area contributed by atoms with E-state index in [1.165, 1.54) is 6.92 Å². The van der Waals surface area contributed by atoms with Crippen LogP contribution in [0.1, 0.15) is 12.5 Å². The van der Waals surface area contributed by atoms with Crippen LogP contribution in [-0.2, 0) is 19.4 Å². The average molecular weight is 299 g/mol. The topological polar surface area (TPSA) is 101 Å². The van der Waals surface area contributed by atoms with Crippen LogP contribution in [-0.4, -0.2) is 36.9 Å². The van der Waals surface area contributed by atoms with E-state index in [2.05, 4.69) is 5.32 Å². The molecule has 20 heavy (non-hydrogen) atoms. The minimum Gasteiger partial charge on any atom is -0.481 e. The number of benzene rings is 1. The highest BCUT2D eigenvalue weighted by molar-refractivity contribution is 7.92. The van der Waals surface area contributed by atoms with Gasteiger partial charge in [-0.05, 0) is 24.6 Å². The highest BCUT2D eigenvalue weighted by Gasteiger charge is 2.23. The minimum atomic E-state index is -3.75. The van der Waals surface area contributed by atoms with Crippen molar-refractivity contribution in [1.82, 2.24) is 0 Å². The molecule has 110 valence electrons. The van der Waals surface area contributed by atoms with Gasteiger partial charge in [0.2, 0.25) is 5.91 Å². The zero-order valence-corrected chi connectivity index (χ0v) is 12.1. The molecule has 0 spiro atoms. The Morgan fingerprint density at radius 2 is 2.00 bits per heavy atom. The van der Waals surface area contributed by atoms with Crippen LogP contribution < -0.4 is 5.32 Å². The van der Waals surface area contributed by atoms with Crippen molar-refractivity contribution >= 4 is 27.4 Å². The van der Waals surface area contributed by atoms with E-state index in [4.69, 9.17) is 5.11 Å². The lowest BCUT2D eigenvalue weighted by Gasteiger charge is -2.09. The van der Waals surface area contributed by atoms with Crippen molar-refractivity contribution in [2.45, 2.75) is 13.8 Å². The monoisotopic (exact) mass is 299 g/mol. The Labute approximate surface area is 117 Å². The minimum absolute atomic E-state index is 0.511. The van der Waals surface area contributed by atoms with Gasteiger partial charge in [0.1, 0.15) is 5.75 Å². The van der Waals surface area contributed by atoms with Crippen LogP contribution in [0.2, 0.25) is 0 Å². The fourth-order valence-corrected chi connectivity index (χ4v) is 3.12. The summed E-state index contributed by atoms with van der Waals surface area (Å²) in [7, 11) is -3.75. The molecule has 7 heteroatoms. The number of aryl methyl sites for hydroxylation is 1. The van der Waals surface area contributed by atoms with E-state index in [0.717, 1.165) is 5.56 Å². The van der Waals surface area contributed by atoms with E-state index in [-0.39, 0.29) is 0 Å². The molecule has 2 N–H and O–H groups in total. The number of nitrogens with one attached hydrogen (secondary N) is 1. The molecule has 0 aliphatic heterocycles. The third-order valence-corrected chi connectivity index (χ3v) is 4.29. The third kappa shape index (κ3) is 5.40. The van der Waals surface area contributed by atoms with Crippen molar-refractivity contribution in [2.75, 3.05) is 16.8 Å². The van der Waals surface area contributed by atoms with Gasteiger partial charge in [0.15, 0.2) is 9.84 Å². The van der Waals surface area contributed by atoms with Crippen LogP contribution in [0, 0.1) is 12.8 Å². The van der Waals surface area contributed by atoms with Gasteiger partial charge < -0.3 is 10.4 Å². The molecule has 1 aromatic rings. The van der Waals surface area contributed by atoms with Gasteiger partial charge in [-0.15, -0.1) is 0 Å². The molecule has 0 saturated heterocycles. The zero-order valence-electron chi connectivity index (χ0n) is 11.3. The summed E-state index contributed by atoms with van der Waals surface area (Å²) in [5.41, 5.74) is 1.45. The molecule has 0 heterocycles. The van der Waals surface area contributed by atoms with Gasteiger partial charge in [-0.1, -0.05) is 19.1 Å². The van der Waals surface area contributed by atoms with Gasteiger partial charge >= 0.3 is 5.97 Å². The van der Waals surface area contributed by atoms with Gasteiger partial charge in [0, 0.05) is 5.69 Å². The maximum atomic E-state index is 11.7. The summed E-state index contributed by atoms with van der Waals surface area (Å²) in [4.78, 5) is 22.3. The number of amides is 1. The Morgan fingerprint density at radius 3 is 2.55 bits per heavy atom. The molecule has 0 aliphatic rings. The molecule has 0 aliphatic carbocycles. The first-order valence-corrected chi connectivity index (χ1v) is 7.81. The van der Waals surface area contributed by atoms with Gasteiger partial charge in [-0.2, -0.15) is 0 Å². The number of aliphatic carboxylic acids is 1. The number of carbonyl (C=O) groups excluding carboxylic acids is 1. The summed E-state index contributed by atoms with van der Waals surface area (Å²) in [6.45, 7) is 3.14. The molecular formula is C13H17NO5S. The Bertz CT molecular complexity index is 609. The Balaban J connectivity index is 2.64. The predicted molar refractivity (Wildman–Crippen MR) is 75.3 cm³/mol. The summed E-state index contributed by atoms with van der Waals surface area (Å²) in [6.07, 6.45) is 0. The molecule has 6 nitrogen and oxygen atoms in total. The van der Waals surface area contributed by atoms with E-state index in [1.807, 2.05) is 13.0 Å². The number of rotatable bonds is 6. The van der Waals surface area contributed by atoms with E-state index < -0.39 is 39.1 Å². The summed E-state index contributed by atoms with van der Waals surface area (Å²) in [5.74, 6) is -4.19. The predicted octanol–water partition coefficient (Wildman–Crippen LogP) is 1.07. The molecule has 0 radical (unpaired) electrons. The van der Waals surface area contributed by atoms with Crippen molar-refractivity contribution in [3.05, 3.63) is 29.8 Å². The van der Waals surface area contributed by atoms with Crippen LogP contribution in [0.3, 0.4) is 0 Å². The second-order valence-electron chi connectivity index (χ2n) is 4.71. The number of hydrogen-bond donors (Lipinski definition) is 2. The quantitative estimate of drug-likeness (QED) is 0.818. The summed E-state index contributed by atoms with van der Waals surface area (Å²) >= 11 is 0. The Hall–Kier alpha value is -1.89. The number of carboxylic acids is 1. The van der Waals surface area contributed by atoms with Crippen LogP contribution in [0.15, 0.2) is 24.3 Å². The number of sulfone groups is 1. The Kier molecular flexibility index (Phi) is 5.26. The molecule has 1 atom stereocenters. The van der Waals surface area contributed by atoms with Gasteiger partial charge in [0.25, 0.3) is 0 Å². The van der Waals surface area contributed by atoms with E-state index in [1.54, 1.807) is 18.2 Å². The van der Waals surface area contributed by atoms with Crippen LogP contribution in [0.4, 0.5) is 5.69 Å². The molecule has 1 amide bonds. The normalized spacial score (nSPS) is 12.7. The Morgan fingerprint density at radius 1 is 1.35 bits per heavy atom. The second kappa shape index (κ2) is 6.51. The first kappa shape index (κ1) is 16.2. The van der Waals surface area contributed by atoms with E-state index in [9.17, 15) is 18.0 Å². The van der Waals surface area contributed by atoms with Gasteiger partial charge in [-0.3, -0.25) is 9.59 Å². The average Bonchev–Trinajstić information content (AvgIpc) is 2.26. The summed E-state index contributed by atoms with van der Waals surface area (Å²) < 4.78 is 23.4. The van der Waals surface area contributed by atoms with E-state index in [0.29, 0.717) is 5.69 Å². The highest BCUT2D eigenvalue weighted by atomic mass is 32.2. The molecule has 1 aromatic carbocycles. The third-order valence-electron chi connectivity index (χ3n) is 2.58. The summed E-state index contributed by atoms with van der Waals surface area (Å²) in [6, 6.07) is 6.95. The first-order chi connectivity index (χ1) is 9.19. The molecule has 0 saturated carbocycles. The second-order valence-corrected chi connectivity index (χ2v) is 6.82. The molecule has 0 aromatic heterocycles. The lowest BCUT2D eigenvalue weighted by atomic mass is 10.2. The van der Waals surface area contributed by atoms with Crippen molar-refractivity contribution in [1.29, 1.82) is 0 Å². The number of hydrogen-bond acceptors (Lipinski definition) is 4. The van der Waals surface area contributed by atoms with Crippen molar-refractivity contribution < 1.29 is 23.1 Å². The lowest BCUT2D eigenvalue weighted by molar-refractivity contribution is -0.140. The first-order valence-electron chi connectivity index (χ1n) is 5.99. The van der Waals surface area contributed by atoms with Crippen LogP contribution in [0.5, 0.6) is 0 Å². The van der Waals surface area contributed by atoms with E-state index >= 15 is 0 Å². The van der Waals surface area contributed by atoms with Gasteiger partial charge in [-0.25, -0.2) is 8.42 Å². The highest BCUT2D eigenvalue weighted by Crippen LogP contribution is 2.10. The number of carboxylic acid groups (broad SMARTS) is 1. The maximum absolute atomic E-state index is 11.7. The largest absolute Gasteiger partial charge is 0.481 e. The van der Waals surface area contributed by atoms with Crippen molar-refractivity contribution in [3.8, 4) is 0 Å². The molecule has 0 bridgehead atoms. The summed E-state index contributed by atoms with van der Waals surface area (Å²) in [5, 5.41) is 11.2. The van der Waals surface area contributed by atoms with Crippen LogP contribution >= 0.6 is 0 Å². The maximum Gasteiger partial charge on any atom is 0.307 e. The molecule has 1 unspecified atom stereocenters. The molecule has 1 rings (SSSR count). The molecular weight excluding hydrogens is 282 g/mol. The standard InChI is InChI=1S/C13H17NO5S/c1-9-4-3-5-11(6-9)14-12(15)8-20(18,19)7-10(2)13(16)17/h3-6,10H,7-8H2,1-2H3,(H,14,15)(H,16,17).